The zero-order valence-corrected chi connectivity index (χ0v) is 7.82. The van der Waals surface area contributed by atoms with Crippen LogP contribution in [0.4, 0.5) is 0 Å². The van der Waals surface area contributed by atoms with Gasteiger partial charge in [-0.1, -0.05) is 0 Å². The molecule has 0 aliphatic heterocycles. The van der Waals surface area contributed by atoms with Crippen molar-refractivity contribution in [2.75, 3.05) is 13.1 Å². The first-order valence-electron chi connectivity index (χ1n) is 4.38. The number of imidazole rings is 1. The highest BCUT2D eigenvalue weighted by molar-refractivity contribution is 4.91. The quantitative estimate of drug-likeness (QED) is 0.667. The topological polar surface area (TPSA) is 53.6 Å². The molecule has 0 saturated carbocycles. The number of aryl methyl sites for hydroxylation is 1. The summed E-state index contributed by atoms with van der Waals surface area (Å²) >= 11 is 0. The summed E-state index contributed by atoms with van der Waals surface area (Å²) in [6.07, 6.45) is 5.21. The molecule has 0 fully saturated rings. The zero-order valence-electron chi connectivity index (χ0n) is 7.82. The molecule has 0 aliphatic carbocycles. The van der Waals surface area contributed by atoms with Gasteiger partial charge in [0.1, 0.15) is 5.82 Å². The molecular formula is C9H14N4. The zero-order chi connectivity index (χ0) is 9.52. The van der Waals surface area contributed by atoms with Crippen LogP contribution in [0, 0.1) is 11.3 Å². The van der Waals surface area contributed by atoms with Crippen molar-refractivity contribution < 1.29 is 0 Å². The molecule has 0 bridgehead atoms. The van der Waals surface area contributed by atoms with Crippen molar-refractivity contribution in [2.24, 2.45) is 7.05 Å². The van der Waals surface area contributed by atoms with E-state index in [1.807, 2.05) is 17.8 Å². The second-order valence-corrected chi connectivity index (χ2v) is 2.86. The fourth-order valence-electron chi connectivity index (χ4n) is 1.11. The van der Waals surface area contributed by atoms with Crippen LogP contribution in [0.2, 0.25) is 0 Å². The Morgan fingerprint density at radius 1 is 1.62 bits per heavy atom. The van der Waals surface area contributed by atoms with Crippen LogP contribution < -0.4 is 5.32 Å². The van der Waals surface area contributed by atoms with Gasteiger partial charge in [0.15, 0.2) is 0 Å². The molecule has 0 spiro atoms. The summed E-state index contributed by atoms with van der Waals surface area (Å²) in [5, 5.41) is 11.5. The Morgan fingerprint density at radius 2 is 2.46 bits per heavy atom. The van der Waals surface area contributed by atoms with Gasteiger partial charge in [-0.3, -0.25) is 0 Å². The Balaban J connectivity index is 2.14. The normalized spacial score (nSPS) is 9.85. The third-order valence-electron chi connectivity index (χ3n) is 1.86. The van der Waals surface area contributed by atoms with E-state index < -0.39 is 0 Å². The van der Waals surface area contributed by atoms with E-state index in [-0.39, 0.29) is 0 Å². The number of nitrogens with one attached hydrogen (secondary N) is 1. The van der Waals surface area contributed by atoms with Crippen molar-refractivity contribution in [3.8, 4) is 6.07 Å². The lowest BCUT2D eigenvalue weighted by Crippen LogP contribution is -2.19. The number of nitrogens with zero attached hydrogens (tertiary/aromatic N) is 3. The molecule has 0 atom stereocenters. The van der Waals surface area contributed by atoms with Crippen LogP contribution in [0.1, 0.15) is 12.2 Å². The van der Waals surface area contributed by atoms with Gasteiger partial charge < -0.3 is 9.88 Å². The van der Waals surface area contributed by atoms with Gasteiger partial charge in [0.2, 0.25) is 0 Å². The monoisotopic (exact) mass is 178 g/mol. The first kappa shape index (κ1) is 9.75. The van der Waals surface area contributed by atoms with Crippen LogP contribution >= 0.6 is 0 Å². The summed E-state index contributed by atoms with van der Waals surface area (Å²) in [5.74, 6) is 1.07. The molecule has 13 heavy (non-hydrogen) atoms. The van der Waals surface area contributed by atoms with Crippen LogP contribution in [0.15, 0.2) is 12.4 Å². The van der Waals surface area contributed by atoms with E-state index in [0.29, 0.717) is 6.42 Å². The second kappa shape index (κ2) is 5.33. The minimum absolute atomic E-state index is 0.570. The maximum absolute atomic E-state index is 8.29. The molecule has 1 N–H and O–H groups in total. The van der Waals surface area contributed by atoms with Crippen LogP contribution in [0.5, 0.6) is 0 Å². The third kappa shape index (κ3) is 3.26. The van der Waals surface area contributed by atoms with Crippen molar-refractivity contribution in [1.29, 1.82) is 5.26 Å². The highest BCUT2D eigenvalue weighted by atomic mass is 15.0. The Labute approximate surface area is 78.2 Å². The van der Waals surface area contributed by atoms with Crippen molar-refractivity contribution in [3.05, 3.63) is 18.2 Å². The summed E-state index contributed by atoms with van der Waals surface area (Å²) < 4.78 is 2.01. The standard InChI is InChI=1S/C9H14N4/c1-13-8-7-12-9(13)3-6-11-5-2-4-10/h7-8,11H,2-3,5-6H2,1H3. The molecule has 0 aromatic carbocycles. The SMILES string of the molecule is Cn1ccnc1CCNCCC#N. The van der Waals surface area contributed by atoms with Crippen molar-refractivity contribution in [1.82, 2.24) is 14.9 Å². The Hall–Kier alpha value is -1.34. The summed E-state index contributed by atoms with van der Waals surface area (Å²) in [6, 6.07) is 2.09. The number of aromatic nitrogens is 2. The Kier molecular flexibility index (Phi) is 4.00. The van der Waals surface area contributed by atoms with E-state index in [1.165, 1.54) is 0 Å². The molecule has 0 aliphatic rings. The fourth-order valence-corrected chi connectivity index (χ4v) is 1.11. The third-order valence-corrected chi connectivity index (χ3v) is 1.86. The largest absolute Gasteiger partial charge is 0.338 e. The van der Waals surface area contributed by atoms with E-state index >= 15 is 0 Å². The van der Waals surface area contributed by atoms with Crippen molar-refractivity contribution in [3.63, 3.8) is 0 Å². The molecule has 1 heterocycles. The lowest BCUT2D eigenvalue weighted by atomic mass is 10.4. The fraction of sp³-hybridized carbons (Fsp3) is 0.556. The maximum atomic E-state index is 8.29. The van der Waals surface area contributed by atoms with E-state index in [9.17, 15) is 0 Å². The molecule has 0 amide bonds. The van der Waals surface area contributed by atoms with Gasteiger partial charge >= 0.3 is 0 Å². The predicted molar refractivity (Wildman–Crippen MR) is 50.0 cm³/mol. The molecule has 1 rings (SSSR count). The highest BCUT2D eigenvalue weighted by Gasteiger charge is 1.97. The smallest absolute Gasteiger partial charge is 0.109 e. The number of hydrogen-bond acceptors (Lipinski definition) is 3. The molecule has 0 saturated heterocycles. The number of rotatable bonds is 5. The molecule has 0 unspecified atom stereocenters. The van der Waals surface area contributed by atoms with Gasteiger partial charge in [0, 0.05) is 45.4 Å². The van der Waals surface area contributed by atoms with Gasteiger partial charge in [0.25, 0.3) is 0 Å². The lowest BCUT2D eigenvalue weighted by Gasteiger charge is -2.02. The first-order valence-corrected chi connectivity index (χ1v) is 4.38. The van der Waals surface area contributed by atoms with E-state index in [0.717, 1.165) is 25.3 Å². The molecule has 4 heteroatoms. The van der Waals surface area contributed by atoms with Crippen molar-refractivity contribution >= 4 is 0 Å². The van der Waals surface area contributed by atoms with Crippen LogP contribution in [0.25, 0.3) is 0 Å². The predicted octanol–water partition coefficient (Wildman–Crippen LogP) is 0.466. The van der Waals surface area contributed by atoms with E-state index in [1.54, 1.807) is 6.20 Å². The average molecular weight is 178 g/mol. The van der Waals surface area contributed by atoms with Gasteiger partial charge in [-0.25, -0.2) is 4.98 Å². The Morgan fingerprint density at radius 3 is 3.08 bits per heavy atom. The highest BCUT2D eigenvalue weighted by Crippen LogP contribution is 1.93. The van der Waals surface area contributed by atoms with Crippen LogP contribution in [-0.4, -0.2) is 22.6 Å². The van der Waals surface area contributed by atoms with Gasteiger partial charge in [-0.05, 0) is 0 Å². The maximum Gasteiger partial charge on any atom is 0.109 e. The first-order chi connectivity index (χ1) is 6.34. The molecule has 1 aromatic rings. The molecule has 1 aromatic heterocycles. The van der Waals surface area contributed by atoms with Gasteiger partial charge in [-0.15, -0.1) is 0 Å². The summed E-state index contributed by atoms with van der Waals surface area (Å²) in [4.78, 5) is 4.19. The lowest BCUT2D eigenvalue weighted by molar-refractivity contribution is 0.660. The van der Waals surface area contributed by atoms with Crippen LogP contribution in [-0.2, 0) is 13.5 Å². The summed E-state index contributed by atoms with van der Waals surface area (Å²) in [7, 11) is 1.98. The molecule has 0 radical (unpaired) electrons. The molecular weight excluding hydrogens is 164 g/mol. The van der Waals surface area contributed by atoms with Crippen LogP contribution in [0.3, 0.4) is 0 Å². The van der Waals surface area contributed by atoms with Crippen molar-refractivity contribution in [2.45, 2.75) is 12.8 Å². The Bertz CT molecular complexity index is 284. The van der Waals surface area contributed by atoms with E-state index in [4.69, 9.17) is 5.26 Å². The van der Waals surface area contributed by atoms with Gasteiger partial charge in [0.05, 0.1) is 6.07 Å². The number of hydrogen-bond donors (Lipinski definition) is 1. The molecule has 70 valence electrons. The van der Waals surface area contributed by atoms with Gasteiger partial charge in [-0.2, -0.15) is 5.26 Å². The minimum atomic E-state index is 0.570. The number of nitriles is 1. The van der Waals surface area contributed by atoms with E-state index in [2.05, 4.69) is 16.4 Å². The average Bonchev–Trinajstić information content (AvgIpc) is 2.52. The summed E-state index contributed by atoms with van der Waals surface area (Å²) in [6.45, 7) is 1.65. The summed E-state index contributed by atoms with van der Waals surface area (Å²) in [5.41, 5.74) is 0. The molecule has 4 nitrogen and oxygen atoms in total. The second-order valence-electron chi connectivity index (χ2n) is 2.86. The minimum Gasteiger partial charge on any atom is -0.338 e.